The molecule has 1 N–H and O–H groups in total. The summed E-state index contributed by atoms with van der Waals surface area (Å²) < 4.78 is 0. The summed E-state index contributed by atoms with van der Waals surface area (Å²) in [7, 11) is 0. The summed E-state index contributed by atoms with van der Waals surface area (Å²) in [4.78, 5) is 4.85. The topological polar surface area (TPSA) is 36.7 Å². The number of hydrogen-bond acceptors (Lipinski definition) is 2. The maximum Gasteiger partial charge on any atom is 0.0917 e. The highest BCUT2D eigenvalue weighted by molar-refractivity contribution is 6.10. The van der Waals surface area contributed by atoms with Crippen molar-refractivity contribution in [3.8, 4) is 0 Å². The van der Waals surface area contributed by atoms with Crippen molar-refractivity contribution in [2.45, 2.75) is 46.0 Å². The van der Waals surface area contributed by atoms with Crippen molar-refractivity contribution < 1.29 is 0 Å². The number of aryl methyl sites for hydroxylation is 4. The fraction of sp³-hybridized carbons (Fsp3) is 0.368. The van der Waals surface area contributed by atoms with Crippen LogP contribution >= 0.6 is 0 Å². The van der Waals surface area contributed by atoms with E-state index in [1.165, 1.54) is 36.1 Å². The first kappa shape index (κ1) is 14.0. The Labute approximate surface area is 126 Å². The molecule has 0 radical (unpaired) electrons. The van der Waals surface area contributed by atoms with Crippen LogP contribution in [-0.2, 0) is 12.8 Å². The van der Waals surface area contributed by atoms with Gasteiger partial charge in [-0.15, -0.1) is 0 Å². The van der Waals surface area contributed by atoms with E-state index in [0.29, 0.717) is 5.71 Å². The largest absolute Gasteiger partial charge is 0.298 e. The Morgan fingerprint density at radius 1 is 1.00 bits per heavy atom. The van der Waals surface area contributed by atoms with E-state index < -0.39 is 0 Å². The third kappa shape index (κ3) is 2.90. The van der Waals surface area contributed by atoms with E-state index in [1.807, 2.05) is 12.1 Å². The first-order valence-corrected chi connectivity index (χ1v) is 7.80. The number of benzene rings is 1. The van der Waals surface area contributed by atoms with Crippen molar-refractivity contribution in [3.63, 3.8) is 0 Å². The molecule has 1 aliphatic rings. The molecule has 0 amide bonds. The second-order valence-electron chi connectivity index (χ2n) is 6.06. The Bertz CT molecular complexity index is 669. The fourth-order valence-corrected chi connectivity index (χ4v) is 3.04. The van der Waals surface area contributed by atoms with Gasteiger partial charge in [0.15, 0.2) is 0 Å². The first-order valence-electron chi connectivity index (χ1n) is 7.80. The normalized spacial score (nSPS) is 14.4. The summed E-state index contributed by atoms with van der Waals surface area (Å²) in [6.45, 7) is 4.15. The maximum atomic E-state index is 8.49. The van der Waals surface area contributed by atoms with E-state index in [2.05, 4.69) is 32.0 Å². The van der Waals surface area contributed by atoms with Crippen LogP contribution in [0.3, 0.4) is 0 Å². The van der Waals surface area contributed by atoms with Gasteiger partial charge in [0.25, 0.3) is 0 Å². The third-order valence-electron chi connectivity index (χ3n) is 4.32. The van der Waals surface area contributed by atoms with Gasteiger partial charge in [0.1, 0.15) is 0 Å². The molecule has 0 unspecified atom stereocenters. The average molecular weight is 278 g/mol. The van der Waals surface area contributed by atoms with Gasteiger partial charge in [0.05, 0.1) is 11.4 Å². The zero-order valence-corrected chi connectivity index (χ0v) is 12.9. The van der Waals surface area contributed by atoms with Crippen molar-refractivity contribution in [3.05, 3.63) is 64.0 Å². The van der Waals surface area contributed by atoms with Gasteiger partial charge in [0.2, 0.25) is 0 Å². The van der Waals surface area contributed by atoms with Gasteiger partial charge in [0, 0.05) is 11.3 Å². The van der Waals surface area contributed by atoms with Crippen LogP contribution in [0.15, 0.2) is 30.3 Å². The monoisotopic (exact) mass is 278 g/mol. The van der Waals surface area contributed by atoms with Crippen LogP contribution in [0.25, 0.3) is 0 Å². The second-order valence-corrected chi connectivity index (χ2v) is 6.06. The molecule has 0 aliphatic heterocycles. The number of rotatable bonds is 2. The van der Waals surface area contributed by atoms with Crippen LogP contribution in [0.2, 0.25) is 0 Å². The van der Waals surface area contributed by atoms with Gasteiger partial charge < -0.3 is 0 Å². The molecule has 0 atom stereocenters. The van der Waals surface area contributed by atoms with E-state index in [9.17, 15) is 0 Å². The van der Waals surface area contributed by atoms with Gasteiger partial charge in [-0.2, -0.15) is 0 Å². The standard InChI is InChI=1S/C19H22N2/c1-13-8-10-15(11-9-13)18(20)19-14(2)12-16-6-4-3-5-7-17(16)21-19/h8-12,20H,3-7H2,1-2H3. The molecule has 3 rings (SSSR count). The van der Waals surface area contributed by atoms with Gasteiger partial charge >= 0.3 is 0 Å². The van der Waals surface area contributed by atoms with Crippen molar-refractivity contribution in [2.75, 3.05) is 0 Å². The molecule has 2 aromatic rings. The van der Waals surface area contributed by atoms with E-state index in [-0.39, 0.29) is 0 Å². The summed E-state index contributed by atoms with van der Waals surface area (Å²) in [5.74, 6) is 0. The van der Waals surface area contributed by atoms with E-state index in [4.69, 9.17) is 10.4 Å². The van der Waals surface area contributed by atoms with Crippen LogP contribution in [0, 0.1) is 19.3 Å². The summed E-state index contributed by atoms with van der Waals surface area (Å²) in [6, 6.07) is 10.4. The molecular formula is C19H22N2. The summed E-state index contributed by atoms with van der Waals surface area (Å²) in [5, 5.41) is 8.49. The lowest BCUT2D eigenvalue weighted by Gasteiger charge is -2.12. The second kappa shape index (κ2) is 5.80. The van der Waals surface area contributed by atoms with Crippen LogP contribution in [0.4, 0.5) is 0 Å². The smallest absolute Gasteiger partial charge is 0.0917 e. The summed E-state index contributed by atoms with van der Waals surface area (Å²) in [5.41, 5.74) is 7.29. The van der Waals surface area contributed by atoms with E-state index in [1.54, 1.807) is 0 Å². The number of fused-ring (bicyclic) bond motifs is 1. The highest BCUT2D eigenvalue weighted by Gasteiger charge is 2.15. The van der Waals surface area contributed by atoms with E-state index >= 15 is 0 Å². The molecule has 0 saturated heterocycles. The lowest BCUT2D eigenvalue weighted by Crippen LogP contribution is -2.10. The van der Waals surface area contributed by atoms with Crippen molar-refractivity contribution in [1.29, 1.82) is 5.41 Å². The molecule has 1 heterocycles. The molecular weight excluding hydrogens is 256 g/mol. The Kier molecular flexibility index (Phi) is 3.87. The highest BCUT2D eigenvalue weighted by Crippen LogP contribution is 2.23. The zero-order chi connectivity index (χ0) is 14.8. The number of nitrogens with one attached hydrogen (secondary N) is 1. The number of aromatic nitrogens is 1. The van der Waals surface area contributed by atoms with Crippen LogP contribution in [0.5, 0.6) is 0 Å². The predicted molar refractivity (Wildman–Crippen MR) is 87.3 cm³/mol. The summed E-state index contributed by atoms with van der Waals surface area (Å²) in [6.07, 6.45) is 5.98. The minimum absolute atomic E-state index is 0.541. The SMILES string of the molecule is Cc1ccc(C(=N)c2nc3c(cc2C)CCCCC3)cc1. The Morgan fingerprint density at radius 2 is 1.71 bits per heavy atom. The molecule has 1 aromatic carbocycles. The fourth-order valence-electron chi connectivity index (χ4n) is 3.04. The average Bonchev–Trinajstić information content (AvgIpc) is 2.71. The van der Waals surface area contributed by atoms with Gasteiger partial charge in [-0.3, -0.25) is 10.4 Å². The molecule has 0 fully saturated rings. The Balaban J connectivity index is 2.00. The predicted octanol–water partition coefficient (Wildman–Crippen LogP) is 4.38. The molecule has 2 nitrogen and oxygen atoms in total. The quantitative estimate of drug-likeness (QED) is 0.642. The molecule has 2 heteroatoms. The number of nitrogens with zero attached hydrogens (tertiary/aromatic N) is 1. The number of pyridine rings is 1. The number of hydrogen-bond donors (Lipinski definition) is 1. The molecule has 1 aromatic heterocycles. The molecule has 0 spiro atoms. The molecule has 21 heavy (non-hydrogen) atoms. The van der Waals surface area contributed by atoms with Gasteiger partial charge in [-0.1, -0.05) is 42.3 Å². The third-order valence-corrected chi connectivity index (χ3v) is 4.32. The Morgan fingerprint density at radius 3 is 2.48 bits per heavy atom. The van der Waals surface area contributed by atoms with Crippen LogP contribution < -0.4 is 0 Å². The Hall–Kier alpha value is -1.96. The van der Waals surface area contributed by atoms with Crippen molar-refractivity contribution in [1.82, 2.24) is 4.98 Å². The molecule has 1 aliphatic carbocycles. The van der Waals surface area contributed by atoms with Gasteiger partial charge in [-0.25, -0.2) is 0 Å². The van der Waals surface area contributed by atoms with Gasteiger partial charge in [-0.05, 0) is 50.7 Å². The minimum atomic E-state index is 0.541. The van der Waals surface area contributed by atoms with Crippen molar-refractivity contribution >= 4 is 5.71 Å². The molecule has 0 bridgehead atoms. The zero-order valence-electron chi connectivity index (χ0n) is 12.9. The molecule has 108 valence electrons. The highest BCUT2D eigenvalue weighted by atomic mass is 14.7. The van der Waals surface area contributed by atoms with E-state index in [0.717, 1.165) is 29.7 Å². The lowest BCUT2D eigenvalue weighted by molar-refractivity contribution is 0.708. The van der Waals surface area contributed by atoms with Crippen molar-refractivity contribution in [2.24, 2.45) is 0 Å². The lowest BCUT2D eigenvalue weighted by atomic mass is 9.99. The minimum Gasteiger partial charge on any atom is -0.298 e. The summed E-state index contributed by atoms with van der Waals surface area (Å²) >= 11 is 0. The van der Waals surface area contributed by atoms with Crippen LogP contribution in [-0.4, -0.2) is 10.7 Å². The molecule has 0 saturated carbocycles. The van der Waals surface area contributed by atoms with Crippen LogP contribution in [0.1, 0.15) is 52.9 Å². The first-order chi connectivity index (χ1) is 10.1. The maximum absolute atomic E-state index is 8.49.